The van der Waals surface area contributed by atoms with Crippen molar-refractivity contribution in [2.75, 3.05) is 11.5 Å². The van der Waals surface area contributed by atoms with Crippen LogP contribution in [0.1, 0.15) is 44.6 Å². The van der Waals surface area contributed by atoms with Gasteiger partial charge in [-0.3, -0.25) is 19.8 Å². The monoisotopic (exact) mass is 517 g/mol. The number of aromatic carboxylic acids is 1. The number of aryl methyl sites for hydroxylation is 1. The van der Waals surface area contributed by atoms with Crippen molar-refractivity contribution in [3.8, 4) is 5.69 Å². The van der Waals surface area contributed by atoms with Crippen molar-refractivity contribution in [3.63, 3.8) is 0 Å². The fraction of sp³-hybridized carbons (Fsp3) is 0.148. The fourth-order valence-electron chi connectivity index (χ4n) is 4.12. The minimum absolute atomic E-state index is 0.0203. The second kappa shape index (κ2) is 10.2. The van der Waals surface area contributed by atoms with Gasteiger partial charge in [0.2, 0.25) is 0 Å². The molecule has 0 unspecified atom stereocenters. The number of ether oxygens (including phenoxy) is 1. The molecule has 2 heterocycles. The number of hydrogen-bond acceptors (Lipinski definition) is 6. The van der Waals surface area contributed by atoms with Crippen LogP contribution in [0.3, 0.4) is 0 Å². The quantitative estimate of drug-likeness (QED) is 0.221. The number of esters is 1. The molecule has 9 nitrogen and oxygen atoms in total. The van der Waals surface area contributed by atoms with Crippen molar-refractivity contribution in [2.24, 2.45) is 0 Å². The molecule has 1 aliphatic heterocycles. The Labute approximate surface area is 218 Å². The number of hydrogen-bond donors (Lipinski definition) is 2. The van der Waals surface area contributed by atoms with E-state index in [2.05, 4.69) is 5.32 Å². The number of benzene rings is 2. The van der Waals surface area contributed by atoms with Crippen molar-refractivity contribution in [2.45, 2.75) is 20.8 Å². The summed E-state index contributed by atoms with van der Waals surface area (Å²) in [6, 6.07) is 14.5. The molecule has 3 aromatic rings. The molecule has 0 spiro atoms. The lowest BCUT2D eigenvalue weighted by Gasteiger charge is -2.29. The third-order valence-electron chi connectivity index (χ3n) is 5.86. The van der Waals surface area contributed by atoms with E-state index in [1.807, 2.05) is 24.5 Å². The van der Waals surface area contributed by atoms with Gasteiger partial charge in [-0.15, -0.1) is 0 Å². The summed E-state index contributed by atoms with van der Waals surface area (Å²) in [5.74, 6) is -2.87. The van der Waals surface area contributed by atoms with E-state index in [4.69, 9.17) is 17.0 Å². The van der Waals surface area contributed by atoms with Crippen LogP contribution in [-0.4, -0.2) is 45.1 Å². The highest BCUT2D eigenvalue weighted by molar-refractivity contribution is 7.80. The normalized spacial score (nSPS) is 14.6. The summed E-state index contributed by atoms with van der Waals surface area (Å²) in [4.78, 5) is 50.6. The Morgan fingerprint density at radius 3 is 2.38 bits per heavy atom. The first-order valence-corrected chi connectivity index (χ1v) is 11.7. The van der Waals surface area contributed by atoms with Crippen LogP contribution in [0.5, 0.6) is 0 Å². The van der Waals surface area contributed by atoms with Gasteiger partial charge >= 0.3 is 11.9 Å². The molecule has 0 saturated carbocycles. The Morgan fingerprint density at radius 2 is 1.73 bits per heavy atom. The molecule has 2 N–H and O–H groups in total. The lowest BCUT2D eigenvalue weighted by molar-refractivity contribution is -0.122. The van der Waals surface area contributed by atoms with Crippen molar-refractivity contribution in [1.82, 2.24) is 9.88 Å². The number of thiocarbonyl (C=S) groups is 1. The van der Waals surface area contributed by atoms with Crippen LogP contribution in [0.15, 0.2) is 60.2 Å². The molecule has 0 atom stereocenters. The Balaban J connectivity index is 1.70. The van der Waals surface area contributed by atoms with Gasteiger partial charge in [0.25, 0.3) is 11.8 Å². The van der Waals surface area contributed by atoms with Gasteiger partial charge in [-0.25, -0.2) is 9.59 Å². The summed E-state index contributed by atoms with van der Waals surface area (Å²) in [5.41, 5.74) is 3.54. The molecule has 188 valence electrons. The molecule has 0 radical (unpaired) electrons. The van der Waals surface area contributed by atoms with Crippen LogP contribution in [0.25, 0.3) is 11.8 Å². The van der Waals surface area contributed by atoms with Crippen LogP contribution < -0.4 is 10.2 Å². The van der Waals surface area contributed by atoms with Crippen LogP contribution in [0.4, 0.5) is 5.69 Å². The van der Waals surface area contributed by atoms with Crippen molar-refractivity contribution >= 4 is 52.8 Å². The van der Waals surface area contributed by atoms with Crippen LogP contribution in [-0.2, 0) is 14.3 Å². The average Bonchev–Trinajstić information content (AvgIpc) is 3.14. The van der Waals surface area contributed by atoms with E-state index in [-0.39, 0.29) is 28.5 Å². The lowest BCUT2D eigenvalue weighted by Crippen LogP contribution is -2.54. The largest absolute Gasteiger partial charge is 0.478 e. The van der Waals surface area contributed by atoms with Gasteiger partial charge in [0.15, 0.2) is 5.11 Å². The topological polar surface area (TPSA) is 118 Å². The number of carbonyl (C=O) groups is 4. The zero-order valence-electron chi connectivity index (χ0n) is 20.3. The summed E-state index contributed by atoms with van der Waals surface area (Å²) < 4.78 is 6.97. The van der Waals surface area contributed by atoms with E-state index in [0.29, 0.717) is 11.1 Å². The minimum Gasteiger partial charge on any atom is -0.478 e. The molecule has 4 rings (SSSR count). The molecule has 1 fully saturated rings. The first kappa shape index (κ1) is 25.5. The molecule has 1 aromatic heterocycles. The molecule has 37 heavy (non-hydrogen) atoms. The van der Waals surface area contributed by atoms with Crippen LogP contribution in [0, 0.1) is 13.8 Å². The molecule has 1 aliphatic rings. The molecule has 10 heteroatoms. The molecule has 1 saturated heterocycles. The van der Waals surface area contributed by atoms with E-state index in [1.165, 1.54) is 30.3 Å². The molecular weight excluding hydrogens is 494 g/mol. The fourth-order valence-corrected chi connectivity index (χ4v) is 4.40. The number of anilines is 1. The number of carbonyl (C=O) groups excluding carboxylic acids is 3. The van der Waals surface area contributed by atoms with E-state index >= 15 is 0 Å². The number of amides is 2. The maximum Gasteiger partial charge on any atom is 0.338 e. The number of nitrogens with zero attached hydrogens (tertiary/aromatic N) is 2. The highest BCUT2D eigenvalue weighted by atomic mass is 32.1. The van der Waals surface area contributed by atoms with Gasteiger partial charge in [-0.2, -0.15) is 0 Å². The van der Waals surface area contributed by atoms with Crippen LogP contribution >= 0.6 is 12.2 Å². The first-order chi connectivity index (χ1) is 17.6. The molecule has 2 amide bonds. The summed E-state index contributed by atoms with van der Waals surface area (Å²) in [6.45, 7) is 5.76. The van der Waals surface area contributed by atoms with Crippen molar-refractivity contribution in [1.29, 1.82) is 0 Å². The van der Waals surface area contributed by atoms with E-state index < -0.39 is 23.8 Å². The van der Waals surface area contributed by atoms with Crippen molar-refractivity contribution in [3.05, 3.63) is 88.2 Å². The second-order valence-corrected chi connectivity index (χ2v) is 8.63. The number of rotatable bonds is 6. The van der Waals surface area contributed by atoms with E-state index in [9.17, 15) is 24.3 Å². The summed E-state index contributed by atoms with van der Waals surface area (Å²) in [7, 11) is 0. The summed E-state index contributed by atoms with van der Waals surface area (Å²) in [6.07, 6.45) is 1.49. The molecule has 0 aliphatic carbocycles. The van der Waals surface area contributed by atoms with Gasteiger partial charge in [0.1, 0.15) is 5.57 Å². The van der Waals surface area contributed by atoms with Crippen LogP contribution in [0.2, 0.25) is 0 Å². The first-order valence-electron chi connectivity index (χ1n) is 11.3. The number of nitrogens with one attached hydrogen (secondary N) is 1. The molecule has 2 aromatic carbocycles. The maximum absolute atomic E-state index is 13.4. The number of aromatic nitrogens is 1. The van der Waals surface area contributed by atoms with E-state index in [1.54, 1.807) is 31.2 Å². The van der Waals surface area contributed by atoms with Gasteiger partial charge in [0, 0.05) is 17.1 Å². The highest BCUT2D eigenvalue weighted by Crippen LogP contribution is 2.27. The number of carboxylic acid groups (broad SMARTS) is 1. The van der Waals surface area contributed by atoms with Crippen molar-refractivity contribution < 1.29 is 29.0 Å². The predicted octanol–water partition coefficient (Wildman–Crippen LogP) is 3.80. The Morgan fingerprint density at radius 1 is 1.03 bits per heavy atom. The van der Waals surface area contributed by atoms with Gasteiger partial charge < -0.3 is 14.4 Å². The third-order valence-corrected chi connectivity index (χ3v) is 6.14. The molecular formula is C27H23N3O6S. The van der Waals surface area contributed by atoms with Gasteiger partial charge in [0.05, 0.1) is 23.4 Å². The highest BCUT2D eigenvalue weighted by Gasteiger charge is 2.35. The summed E-state index contributed by atoms with van der Waals surface area (Å²) >= 11 is 5.21. The van der Waals surface area contributed by atoms with E-state index in [0.717, 1.165) is 22.0 Å². The second-order valence-electron chi connectivity index (χ2n) is 8.24. The zero-order chi connectivity index (χ0) is 26.9. The average molecular weight is 518 g/mol. The SMILES string of the molecule is CCOC(=O)c1ccc(-n2c(C)cc(C=C3C(=O)NC(=S)N(c4cccc(C(=O)O)c4)C3=O)c2C)cc1. The third kappa shape index (κ3) is 4.91. The molecule has 0 bridgehead atoms. The predicted molar refractivity (Wildman–Crippen MR) is 141 cm³/mol. The van der Waals surface area contributed by atoms with Gasteiger partial charge in [-0.1, -0.05) is 6.07 Å². The standard InChI is InChI=1S/C27H23N3O6S/c1-4-36-26(35)17-8-10-20(11-9-17)29-15(2)12-19(16(29)3)14-22-23(31)28-27(37)30(24(22)32)21-7-5-6-18(13-21)25(33)34/h5-14H,4H2,1-3H3,(H,33,34)(H,28,31,37). The maximum atomic E-state index is 13.4. The Bertz CT molecular complexity index is 1490. The number of carboxylic acids is 1. The smallest absolute Gasteiger partial charge is 0.338 e. The Kier molecular flexibility index (Phi) is 7.03. The minimum atomic E-state index is -1.15. The van der Waals surface area contributed by atoms with Gasteiger partial charge in [-0.05, 0) is 93.2 Å². The Hall–Kier alpha value is -4.57. The lowest BCUT2D eigenvalue weighted by atomic mass is 10.1. The zero-order valence-corrected chi connectivity index (χ0v) is 21.1. The summed E-state index contributed by atoms with van der Waals surface area (Å²) in [5, 5.41) is 11.7.